The Hall–Kier alpha value is 0.766. The minimum absolute atomic E-state index is 0. The summed E-state index contributed by atoms with van der Waals surface area (Å²) < 4.78 is 34.0. The minimum Gasteiger partial charge on any atom is -0.744 e. The van der Waals surface area contributed by atoms with Crippen LogP contribution in [0.3, 0.4) is 0 Å². The second-order valence-electron chi connectivity index (χ2n) is 5.54. The summed E-state index contributed by atoms with van der Waals surface area (Å²) in [6.07, 6.45) is 1.42. The first kappa shape index (κ1) is 19.8. The fraction of sp³-hybridized carbons (Fsp3) is 0.571. The monoisotopic (exact) mass is 308 g/mol. The molecule has 1 rings (SSSR count). The Bertz CT molecular complexity index is 507. The molecule has 0 N–H and O–H groups in total. The molecule has 0 radical (unpaired) electrons. The van der Waals surface area contributed by atoms with Crippen LogP contribution in [0.2, 0.25) is 0 Å². The molecule has 0 saturated carbocycles. The van der Waals surface area contributed by atoms with Gasteiger partial charge in [-0.1, -0.05) is 39.8 Å². The molecule has 0 atom stereocenters. The molecule has 5 heteroatoms. The maximum absolute atomic E-state index is 11.3. The van der Waals surface area contributed by atoms with Gasteiger partial charge in [0.1, 0.15) is 10.1 Å². The quantitative estimate of drug-likeness (QED) is 0.568. The van der Waals surface area contributed by atoms with Crippen molar-refractivity contribution in [3.8, 4) is 0 Å². The zero-order valence-corrected chi connectivity index (χ0v) is 16.4. The molecule has 0 bridgehead atoms. The van der Waals surface area contributed by atoms with E-state index in [0.29, 0.717) is 23.8 Å². The smallest absolute Gasteiger partial charge is 0.744 e. The molecule has 0 aliphatic heterocycles. The van der Waals surface area contributed by atoms with E-state index in [1.807, 2.05) is 19.9 Å². The Kier molecular flexibility index (Phi) is 8.60. The molecule has 0 unspecified atom stereocenters. The summed E-state index contributed by atoms with van der Waals surface area (Å²) in [5.41, 5.74) is 1.69. The van der Waals surface area contributed by atoms with Gasteiger partial charge in [-0.2, -0.15) is 0 Å². The van der Waals surface area contributed by atoms with E-state index in [1.165, 1.54) is 6.07 Å². The van der Waals surface area contributed by atoms with Crippen molar-refractivity contribution in [2.24, 2.45) is 11.8 Å². The average Bonchev–Trinajstić information content (AvgIpc) is 2.17. The molecule has 1 aromatic carbocycles. The van der Waals surface area contributed by atoms with Gasteiger partial charge in [0.15, 0.2) is 0 Å². The van der Waals surface area contributed by atoms with Crippen LogP contribution in [0, 0.1) is 11.8 Å². The second kappa shape index (κ2) is 8.27. The average molecular weight is 308 g/mol. The molecule has 0 saturated heterocycles. The van der Waals surface area contributed by atoms with Crippen LogP contribution < -0.4 is 51.4 Å². The second-order valence-corrected chi connectivity index (χ2v) is 6.89. The predicted molar refractivity (Wildman–Crippen MR) is 71.5 cm³/mol. The van der Waals surface area contributed by atoms with Crippen LogP contribution in [-0.4, -0.2) is 13.0 Å². The van der Waals surface area contributed by atoms with E-state index in [0.717, 1.165) is 12.0 Å². The Morgan fingerprint density at radius 2 is 1.58 bits per heavy atom. The van der Waals surface area contributed by atoms with Gasteiger partial charge in [0.25, 0.3) is 0 Å². The van der Waals surface area contributed by atoms with Gasteiger partial charge in [0.05, 0.1) is 4.90 Å². The van der Waals surface area contributed by atoms with Crippen LogP contribution in [0.25, 0.3) is 0 Å². The first-order valence-corrected chi connectivity index (χ1v) is 7.69. The molecule has 19 heavy (non-hydrogen) atoms. The molecule has 0 heterocycles. The fourth-order valence-electron chi connectivity index (χ4n) is 2.12. The van der Waals surface area contributed by atoms with E-state index in [9.17, 15) is 13.0 Å². The first-order chi connectivity index (χ1) is 8.21. The molecular weight excluding hydrogens is 287 g/mol. The summed E-state index contributed by atoms with van der Waals surface area (Å²) in [5, 5.41) is 0. The van der Waals surface area contributed by atoms with Gasteiger partial charge in [-0.3, -0.25) is 0 Å². The molecule has 1 aromatic rings. The Labute approximate surface area is 159 Å². The third kappa shape index (κ3) is 6.38. The van der Waals surface area contributed by atoms with Crippen LogP contribution in [0.4, 0.5) is 0 Å². The number of hydrogen-bond acceptors (Lipinski definition) is 3. The fourth-order valence-corrected chi connectivity index (χ4v) is 2.88. The van der Waals surface area contributed by atoms with Crippen molar-refractivity contribution in [3.05, 3.63) is 29.3 Å². The van der Waals surface area contributed by atoms with Gasteiger partial charge in [-0.25, -0.2) is 8.42 Å². The molecule has 0 aromatic heterocycles. The summed E-state index contributed by atoms with van der Waals surface area (Å²) in [7, 11) is -4.39. The number of benzene rings is 1. The van der Waals surface area contributed by atoms with Crippen LogP contribution in [0.1, 0.15) is 38.8 Å². The Morgan fingerprint density at radius 1 is 1.05 bits per heavy atom. The van der Waals surface area contributed by atoms with Crippen molar-refractivity contribution in [1.82, 2.24) is 0 Å². The van der Waals surface area contributed by atoms with Crippen LogP contribution in [-0.2, 0) is 23.0 Å². The maximum atomic E-state index is 11.3. The molecule has 102 valence electrons. The van der Waals surface area contributed by atoms with E-state index < -0.39 is 10.1 Å². The third-order valence-electron chi connectivity index (χ3n) is 2.74. The normalized spacial score (nSPS) is 11.7. The van der Waals surface area contributed by atoms with E-state index >= 15 is 0 Å². The van der Waals surface area contributed by atoms with Crippen LogP contribution in [0.15, 0.2) is 23.1 Å². The number of hydrogen-bond donors (Lipinski definition) is 0. The zero-order chi connectivity index (χ0) is 13.9. The standard InChI is InChI=1S/C14H22O3S.K/c1-10(2)8-12-6-5-7-14(18(15,16)17)13(12)9-11(3)4;/h5-7,10-11H,8-9H2,1-4H3,(H,15,16,17);/q;+1/p-1. The Balaban J connectivity index is 0.00000324. The summed E-state index contributed by atoms with van der Waals surface area (Å²) in [4.78, 5) is -0.0469. The number of rotatable bonds is 5. The molecular formula is C14H21KO3S. The van der Waals surface area contributed by atoms with Crippen LogP contribution >= 0.6 is 0 Å². The molecule has 0 fully saturated rings. The molecule has 0 amide bonds. The summed E-state index contributed by atoms with van der Waals surface area (Å²) in [6, 6.07) is 5.00. The summed E-state index contributed by atoms with van der Waals surface area (Å²) >= 11 is 0. The van der Waals surface area contributed by atoms with E-state index in [4.69, 9.17) is 0 Å². The van der Waals surface area contributed by atoms with Gasteiger partial charge in [-0.05, 0) is 41.9 Å². The van der Waals surface area contributed by atoms with E-state index in [2.05, 4.69) is 13.8 Å². The molecule has 0 aliphatic carbocycles. The topological polar surface area (TPSA) is 57.2 Å². The van der Waals surface area contributed by atoms with Gasteiger partial charge in [0.2, 0.25) is 0 Å². The minimum atomic E-state index is -4.39. The maximum Gasteiger partial charge on any atom is 1.00 e. The van der Waals surface area contributed by atoms with Crippen molar-refractivity contribution in [2.75, 3.05) is 0 Å². The molecule has 0 spiro atoms. The summed E-state index contributed by atoms with van der Waals surface area (Å²) in [6.45, 7) is 8.20. The van der Waals surface area contributed by atoms with Gasteiger partial charge in [0, 0.05) is 0 Å². The molecule has 0 aliphatic rings. The molecule has 3 nitrogen and oxygen atoms in total. The van der Waals surface area contributed by atoms with Gasteiger partial charge >= 0.3 is 51.4 Å². The van der Waals surface area contributed by atoms with Crippen LogP contribution in [0.5, 0.6) is 0 Å². The van der Waals surface area contributed by atoms with E-state index in [1.54, 1.807) is 6.07 Å². The van der Waals surface area contributed by atoms with Crippen molar-refractivity contribution < 1.29 is 64.4 Å². The summed E-state index contributed by atoms with van der Waals surface area (Å²) in [5.74, 6) is 0.749. The zero-order valence-electron chi connectivity index (χ0n) is 12.4. The van der Waals surface area contributed by atoms with E-state index in [-0.39, 0.29) is 56.3 Å². The van der Waals surface area contributed by atoms with Crippen molar-refractivity contribution in [2.45, 2.75) is 45.4 Å². The SMILES string of the molecule is CC(C)Cc1cccc(S(=O)(=O)[O-])c1CC(C)C.[K+]. The largest absolute Gasteiger partial charge is 1.00 e. The van der Waals surface area contributed by atoms with Crippen molar-refractivity contribution in [1.29, 1.82) is 0 Å². The predicted octanol–water partition coefficient (Wildman–Crippen LogP) is -0.00830. The van der Waals surface area contributed by atoms with Gasteiger partial charge < -0.3 is 4.55 Å². The van der Waals surface area contributed by atoms with Crippen molar-refractivity contribution >= 4 is 10.1 Å². The Morgan fingerprint density at radius 3 is 2.00 bits per heavy atom. The first-order valence-electron chi connectivity index (χ1n) is 6.28. The van der Waals surface area contributed by atoms with Crippen molar-refractivity contribution in [3.63, 3.8) is 0 Å². The third-order valence-corrected chi connectivity index (χ3v) is 3.66. The van der Waals surface area contributed by atoms with Gasteiger partial charge in [-0.15, -0.1) is 0 Å².